The third kappa shape index (κ3) is 3.44. The summed E-state index contributed by atoms with van der Waals surface area (Å²) in [5, 5.41) is 30.0. The average Bonchev–Trinajstić information content (AvgIpc) is 2.60. The highest BCUT2D eigenvalue weighted by atomic mass is 16.6. The zero-order chi connectivity index (χ0) is 17.7. The Balaban J connectivity index is 2.47. The molecule has 0 heterocycles. The molecule has 122 valence electrons. The molecule has 0 aliphatic heterocycles. The standard InChI is InChI=1S/C17H14N2O5/c1-23-15-8-11(9-16(24-2)17(15)20)7-13(10-18)12-3-5-14(6-4-12)19(21)22/h3-9,20H,1-2H3/b13-7-. The number of allylic oxidation sites excluding steroid dienone is 1. The predicted molar refractivity (Wildman–Crippen MR) is 87.8 cm³/mol. The van der Waals surface area contributed by atoms with Crippen LogP contribution in [0.2, 0.25) is 0 Å². The van der Waals surface area contributed by atoms with Crippen LogP contribution in [0.1, 0.15) is 11.1 Å². The van der Waals surface area contributed by atoms with Crippen LogP contribution < -0.4 is 9.47 Å². The molecule has 0 saturated heterocycles. The van der Waals surface area contributed by atoms with Gasteiger partial charge in [-0.2, -0.15) is 5.26 Å². The summed E-state index contributed by atoms with van der Waals surface area (Å²) in [6.45, 7) is 0. The van der Waals surface area contributed by atoms with E-state index in [2.05, 4.69) is 6.07 Å². The number of nitro groups is 1. The number of hydrogen-bond acceptors (Lipinski definition) is 6. The molecule has 0 aliphatic rings. The predicted octanol–water partition coefficient (Wildman–Crippen LogP) is 3.38. The lowest BCUT2D eigenvalue weighted by atomic mass is 10.0. The molecule has 0 bridgehead atoms. The third-order valence-corrected chi connectivity index (χ3v) is 3.32. The van der Waals surface area contributed by atoms with Gasteiger partial charge in [0.25, 0.3) is 5.69 Å². The fourth-order valence-corrected chi connectivity index (χ4v) is 2.11. The van der Waals surface area contributed by atoms with E-state index >= 15 is 0 Å². The number of benzene rings is 2. The number of nitriles is 1. The molecule has 1 N–H and O–H groups in total. The molecule has 0 unspecified atom stereocenters. The number of phenols is 1. The monoisotopic (exact) mass is 326 g/mol. The lowest BCUT2D eigenvalue weighted by Crippen LogP contribution is -1.91. The van der Waals surface area contributed by atoms with Gasteiger partial charge in [0.05, 0.1) is 30.8 Å². The first-order valence-corrected chi connectivity index (χ1v) is 6.81. The van der Waals surface area contributed by atoms with E-state index in [4.69, 9.17) is 9.47 Å². The number of ether oxygens (including phenoxy) is 2. The minimum Gasteiger partial charge on any atom is -0.502 e. The number of hydrogen-bond donors (Lipinski definition) is 1. The van der Waals surface area contributed by atoms with Crippen LogP contribution in [0.4, 0.5) is 5.69 Å². The SMILES string of the molecule is COc1cc(/C=C(/C#N)c2ccc([N+](=O)[O-])cc2)cc(OC)c1O. The maximum atomic E-state index is 10.7. The Morgan fingerprint density at radius 2 is 1.75 bits per heavy atom. The van der Waals surface area contributed by atoms with Gasteiger partial charge in [0.1, 0.15) is 0 Å². The van der Waals surface area contributed by atoms with E-state index in [1.54, 1.807) is 18.2 Å². The van der Waals surface area contributed by atoms with Gasteiger partial charge in [0.15, 0.2) is 11.5 Å². The second kappa shape index (κ2) is 7.15. The number of nitrogens with zero attached hydrogens (tertiary/aromatic N) is 2. The van der Waals surface area contributed by atoms with Crippen molar-refractivity contribution in [3.8, 4) is 23.3 Å². The van der Waals surface area contributed by atoms with Crippen molar-refractivity contribution >= 4 is 17.3 Å². The van der Waals surface area contributed by atoms with Crippen molar-refractivity contribution < 1.29 is 19.5 Å². The normalized spacial score (nSPS) is 10.8. The van der Waals surface area contributed by atoms with E-state index in [1.807, 2.05) is 0 Å². The summed E-state index contributed by atoms with van der Waals surface area (Å²) < 4.78 is 10.1. The van der Waals surface area contributed by atoms with Gasteiger partial charge in [-0.25, -0.2) is 0 Å². The quantitative estimate of drug-likeness (QED) is 0.391. The number of non-ortho nitro benzene ring substituents is 1. The summed E-state index contributed by atoms with van der Waals surface area (Å²) in [6.07, 6.45) is 1.58. The second-order valence-electron chi connectivity index (χ2n) is 4.75. The lowest BCUT2D eigenvalue weighted by molar-refractivity contribution is -0.384. The summed E-state index contributed by atoms with van der Waals surface area (Å²) >= 11 is 0. The summed E-state index contributed by atoms with van der Waals surface area (Å²) in [5.74, 6) is 0.286. The van der Waals surface area contributed by atoms with E-state index in [0.717, 1.165) is 0 Å². The van der Waals surface area contributed by atoms with E-state index in [1.165, 1.54) is 38.5 Å². The van der Waals surface area contributed by atoms with Crippen molar-refractivity contribution in [1.29, 1.82) is 5.26 Å². The van der Waals surface area contributed by atoms with Gasteiger partial charge in [-0.15, -0.1) is 0 Å². The van der Waals surface area contributed by atoms with Gasteiger partial charge in [-0.3, -0.25) is 10.1 Å². The molecule has 0 aromatic heterocycles. The minimum atomic E-state index is -0.505. The van der Waals surface area contributed by atoms with Gasteiger partial charge in [-0.1, -0.05) is 0 Å². The maximum Gasteiger partial charge on any atom is 0.269 e. The van der Waals surface area contributed by atoms with Crippen molar-refractivity contribution in [2.75, 3.05) is 14.2 Å². The van der Waals surface area contributed by atoms with Crippen LogP contribution in [0.5, 0.6) is 17.2 Å². The van der Waals surface area contributed by atoms with Crippen molar-refractivity contribution in [3.63, 3.8) is 0 Å². The Hall–Kier alpha value is -3.53. The molecule has 0 aliphatic carbocycles. The minimum absolute atomic E-state index is 0.0518. The molecule has 0 saturated carbocycles. The smallest absolute Gasteiger partial charge is 0.269 e. The van der Waals surface area contributed by atoms with Crippen molar-refractivity contribution in [1.82, 2.24) is 0 Å². The highest BCUT2D eigenvalue weighted by Gasteiger charge is 2.12. The van der Waals surface area contributed by atoms with Crippen LogP contribution in [-0.4, -0.2) is 24.2 Å². The topological polar surface area (TPSA) is 106 Å². The zero-order valence-electron chi connectivity index (χ0n) is 13.0. The molecule has 0 spiro atoms. The Morgan fingerprint density at radius 1 is 1.21 bits per heavy atom. The van der Waals surface area contributed by atoms with Crippen LogP contribution in [0.25, 0.3) is 11.6 Å². The van der Waals surface area contributed by atoms with Crippen LogP contribution in [0, 0.1) is 21.4 Å². The lowest BCUT2D eigenvalue weighted by Gasteiger charge is -2.10. The first-order chi connectivity index (χ1) is 11.5. The van der Waals surface area contributed by atoms with E-state index < -0.39 is 4.92 Å². The van der Waals surface area contributed by atoms with Gasteiger partial charge in [-0.05, 0) is 41.5 Å². The number of aromatic hydroxyl groups is 1. The first kappa shape index (κ1) is 16.8. The molecule has 0 fully saturated rings. The number of phenolic OH excluding ortho intramolecular Hbond substituents is 1. The second-order valence-corrected chi connectivity index (χ2v) is 4.75. The fourth-order valence-electron chi connectivity index (χ4n) is 2.11. The molecular weight excluding hydrogens is 312 g/mol. The molecule has 0 radical (unpaired) electrons. The highest BCUT2D eigenvalue weighted by Crippen LogP contribution is 2.38. The summed E-state index contributed by atoms with van der Waals surface area (Å²) in [6, 6.07) is 10.8. The molecule has 0 atom stereocenters. The van der Waals surface area contributed by atoms with Crippen LogP contribution >= 0.6 is 0 Å². The molecule has 24 heavy (non-hydrogen) atoms. The number of rotatable bonds is 5. The van der Waals surface area contributed by atoms with E-state index in [9.17, 15) is 20.5 Å². The molecule has 2 aromatic carbocycles. The molecular formula is C17H14N2O5. The number of methoxy groups -OCH3 is 2. The highest BCUT2D eigenvalue weighted by molar-refractivity contribution is 5.90. The molecule has 2 aromatic rings. The van der Waals surface area contributed by atoms with Crippen molar-refractivity contribution in [3.05, 3.63) is 57.6 Å². The van der Waals surface area contributed by atoms with Crippen molar-refractivity contribution in [2.45, 2.75) is 0 Å². The Labute approximate surface area is 138 Å². The Bertz CT molecular complexity index is 810. The Morgan fingerprint density at radius 3 is 2.17 bits per heavy atom. The third-order valence-electron chi connectivity index (χ3n) is 3.32. The largest absolute Gasteiger partial charge is 0.502 e. The van der Waals surface area contributed by atoms with Gasteiger partial charge in [0, 0.05) is 12.1 Å². The summed E-state index contributed by atoms with van der Waals surface area (Å²) in [4.78, 5) is 10.2. The van der Waals surface area contributed by atoms with Gasteiger partial charge in [0.2, 0.25) is 5.75 Å². The van der Waals surface area contributed by atoms with E-state index in [0.29, 0.717) is 16.7 Å². The molecule has 0 amide bonds. The average molecular weight is 326 g/mol. The van der Waals surface area contributed by atoms with E-state index in [-0.39, 0.29) is 22.9 Å². The first-order valence-electron chi connectivity index (χ1n) is 6.81. The molecule has 2 rings (SSSR count). The Kier molecular flexibility index (Phi) is 5.02. The van der Waals surface area contributed by atoms with Gasteiger partial charge < -0.3 is 14.6 Å². The van der Waals surface area contributed by atoms with Gasteiger partial charge >= 0.3 is 0 Å². The van der Waals surface area contributed by atoms with Crippen LogP contribution in [0.15, 0.2) is 36.4 Å². The zero-order valence-corrected chi connectivity index (χ0v) is 13.0. The molecule has 7 heteroatoms. The summed E-state index contributed by atoms with van der Waals surface area (Å²) in [5.41, 5.74) is 1.37. The van der Waals surface area contributed by atoms with Crippen LogP contribution in [0.3, 0.4) is 0 Å². The maximum absolute atomic E-state index is 10.7. The molecule has 7 nitrogen and oxygen atoms in total. The van der Waals surface area contributed by atoms with Crippen LogP contribution in [-0.2, 0) is 0 Å². The summed E-state index contributed by atoms with van der Waals surface area (Å²) in [7, 11) is 2.81. The van der Waals surface area contributed by atoms with Crippen molar-refractivity contribution in [2.24, 2.45) is 0 Å². The fraction of sp³-hybridized carbons (Fsp3) is 0.118. The number of nitro benzene ring substituents is 1.